The first-order chi connectivity index (χ1) is 11.4. The molecule has 1 aromatic heterocycles. The van der Waals surface area contributed by atoms with Crippen LogP contribution in [0.1, 0.15) is 30.7 Å². The predicted octanol–water partition coefficient (Wildman–Crippen LogP) is 2.32. The zero-order chi connectivity index (χ0) is 15.5. The van der Waals surface area contributed by atoms with Crippen molar-refractivity contribution < 1.29 is 14.2 Å². The summed E-state index contributed by atoms with van der Waals surface area (Å²) in [7, 11) is 0. The lowest BCUT2D eigenvalue weighted by Gasteiger charge is -2.38. The Morgan fingerprint density at radius 1 is 1.22 bits per heavy atom. The van der Waals surface area contributed by atoms with Crippen molar-refractivity contribution in [2.75, 3.05) is 33.0 Å². The van der Waals surface area contributed by atoms with Crippen LogP contribution in [0.15, 0.2) is 11.6 Å². The van der Waals surface area contributed by atoms with E-state index < -0.39 is 0 Å². The van der Waals surface area contributed by atoms with Crippen molar-refractivity contribution in [1.29, 1.82) is 0 Å². The van der Waals surface area contributed by atoms with Crippen LogP contribution in [0.5, 0.6) is 0 Å². The fourth-order valence-corrected chi connectivity index (χ4v) is 4.68. The Labute approximate surface area is 141 Å². The maximum absolute atomic E-state index is 6.28. The van der Waals surface area contributed by atoms with Crippen LogP contribution in [0.25, 0.3) is 0 Å². The van der Waals surface area contributed by atoms with E-state index in [4.69, 9.17) is 14.2 Å². The molecule has 3 aliphatic rings. The molecular formula is C17H26N2O3S. The van der Waals surface area contributed by atoms with E-state index in [9.17, 15) is 0 Å². The minimum atomic E-state index is 0.239. The predicted molar refractivity (Wildman–Crippen MR) is 88.6 cm³/mol. The van der Waals surface area contributed by atoms with Gasteiger partial charge in [0, 0.05) is 37.4 Å². The number of hydrogen-bond donors (Lipinski definition) is 0. The Kier molecular flexibility index (Phi) is 5.26. The highest BCUT2D eigenvalue weighted by atomic mass is 32.1. The first-order valence-corrected chi connectivity index (χ1v) is 9.71. The first kappa shape index (κ1) is 16.0. The van der Waals surface area contributed by atoms with Gasteiger partial charge in [0.2, 0.25) is 0 Å². The largest absolute Gasteiger partial charge is 0.381 e. The van der Waals surface area contributed by atoms with Crippen molar-refractivity contribution in [2.45, 2.75) is 50.5 Å². The molecule has 4 rings (SSSR count). The van der Waals surface area contributed by atoms with Gasteiger partial charge in [0.15, 0.2) is 0 Å². The number of nitrogens with zero attached hydrogens (tertiary/aromatic N) is 2. The molecule has 0 N–H and O–H groups in total. The van der Waals surface area contributed by atoms with Crippen molar-refractivity contribution in [3.8, 4) is 0 Å². The van der Waals surface area contributed by atoms with Gasteiger partial charge in [-0.25, -0.2) is 4.98 Å². The van der Waals surface area contributed by atoms with Crippen LogP contribution in [0.4, 0.5) is 0 Å². The van der Waals surface area contributed by atoms with Gasteiger partial charge in [-0.15, -0.1) is 11.3 Å². The molecule has 0 aromatic carbocycles. The summed E-state index contributed by atoms with van der Waals surface area (Å²) in [6.07, 6.45) is 6.97. The summed E-state index contributed by atoms with van der Waals surface area (Å²) in [5.74, 6) is 0.665. The van der Waals surface area contributed by atoms with Crippen LogP contribution in [0.3, 0.4) is 0 Å². The Hall–Kier alpha value is -0.530. The highest BCUT2D eigenvalue weighted by molar-refractivity contribution is 7.09. The van der Waals surface area contributed by atoms with Crippen LogP contribution >= 0.6 is 11.3 Å². The molecule has 3 fully saturated rings. The average Bonchev–Trinajstić information content (AvgIpc) is 3.24. The first-order valence-electron chi connectivity index (χ1n) is 8.83. The summed E-state index contributed by atoms with van der Waals surface area (Å²) in [6.45, 7) is 5.42. The molecule has 2 aliphatic heterocycles. The van der Waals surface area contributed by atoms with E-state index in [-0.39, 0.29) is 12.2 Å². The second-order valence-corrected chi connectivity index (χ2v) is 7.78. The third-order valence-corrected chi connectivity index (χ3v) is 6.12. The Morgan fingerprint density at radius 3 is 2.96 bits per heavy atom. The number of hydrogen-bond acceptors (Lipinski definition) is 6. The number of fused-ring (bicyclic) bond motifs is 1. The Morgan fingerprint density at radius 2 is 2.13 bits per heavy atom. The average molecular weight is 338 g/mol. The van der Waals surface area contributed by atoms with Crippen molar-refractivity contribution in [2.24, 2.45) is 5.92 Å². The topological polar surface area (TPSA) is 43.8 Å². The molecule has 1 saturated carbocycles. The van der Waals surface area contributed by atoms with Crippen molar-refractivity contribution in [3.63, 3.8) is 0 Å². The van der Waals surface area contributed by atoms with Crippen molar-refractivity contribution >= 4 is 11.3 Å². The summed E-state index contributed by atoms with van der Waals surface area (Å²) in [6, 6.07) is 0.493. The minimum Gasteiger partial charge on any atom is -0.381 e. The van der Waals surface area contributed by atoms with Gasteiger partial charge in [-0.05, 0) is 31.6 Å². The van der Waals surface area contributed by atoms with Crippen LogP contribution in [0, 0.1) is 5.92 Å². The van der Waals surface area contributed by atoms with Crippen molar-refractivity contribution in [1.82, 2.24) is 9.88 Å². The fraction of sp³-hybridized carbons (Fsp3) is 0.824. The van der Waals surface area contributed by atoms with E-state index in [0.717, 1.165) is 58.8 Å². The van der Waals surface area contributed by atoms with Gasteiger partial charge in [-0.1, -0.05) is 0 Å². The molecule has 0 amide bonds. The van der Waals surface area contributed by atoms with Gasteiger partial charge < -0.3 is 14.2 Å². The molecule has 3 atom stereocenters. The summed E-state index contributed by atoms with van der Waals surface area (Å²) in [5.41, 5.74) is 0. The Bertz CT molecular complexity index is 478. The molecular weight excluding hydrogens is 312 g/mol. The third kappa shape index (κ3) is 3.77. The SMILES string of the molecule is c1csc(CN2CCO[C@H]3[C@H](OCC4CCOCC4)CC[C@@H]32)n1. The van der Waals surface area contributed by atoms with Crippen LogP contribution < -0.4 is 0 Å². The molecule has 1 aliphatic carbocycles. The van der Waals surface area contributed by atoms with Gasteiger partial charge in [0.25, 0.3) is 0 Å². The van der Waals surface area contributed by atoms with Crippen LogP contribution in [-0.4, -0.2) is 61.1 Å². The molecule has 0 unspecified atom stereocenters. The number of ether oxygens (including phenoxy) is 3. The summed E-state index contributed by atoms with van der Waals surface area (Å²) < 4.78 is 17.8. The molecule has 2 saturated heterocycles. The highest BCUT2D eigenvalue weighted by Crippen LogP contribution is 2.33. The minimum absolute atomic E-state index is 0.239. The van der Waals surface area contributed by atoms with E-state index in [2.05, 4.69) is 15.3 Å². The zero-order valence-corrected chi connectivity index (χ0v) is 14.4. The maximum atomic E-state index is 6.28. The third-order valence-electron chi connectivity index (χ3n) is 5.36. The number of rotatable bonds is 5. The zero-order valence-electron chi connectivity index (χ0n) is 13.6. The van der Waals surface area contributed by atoms with E-state index in [1.807, 2.05) is 6.20 Å². The van der Waals surface area contributed by atoms with E-state index in [0.29, 0.717) is 12.0 Å². The standard InChI is InChI=1S/C17H26N2O3S/c1-2-15(22-12-13-3-7-20-8-4-13)17-14(1)19(6-9-21-17)11-16-18-5-10-23-16/h5,10,13-15,17H,1-4,6-9,11-12H2/t14-,15+,17+/m0/s1. The molecule has 128 valence electrons. The molecule has 0 spiro atoms. The second kappa shape index (κ2) is 7.57. The van der Waals surface area contributed by atoms with Gasteiger partial charge in [0.05, 0.1) is 32.0 Å². The quantitative estimate of drug-likeness (QED) is 0.824. The maximum Gasteiger partial charge on any atom is 0.107 e. The summed E-state index contributed by atoms with van der Waals surface area (Å²) in [4.78, 5) is 6.98. The number of thiazole rings is 1. The molecule has 1 aromatic rings. The highest BCUT2D eigenvalue weighted by Gasteiger charge is 2.43. The Balaban J connectivity index is 1.31. The molecule has 3 heterocycles. The normalized spacial score (nSPS) is 33.0. The summed E-state index contributed by atoms with van der Waals surface area (Å²) >= 11 is 1.74. The second-order valence-electron chi connectivity index (χ2n) is 6.80. The molecule has 0 bridgehead atoms. The van der Waals surface area contributed by atoms with E-state index in [1.165, 1.54) is 11.4 Å². The van der Waals surface area contributed by atoms with Gasteiger partial charge >= 0.3 is 0 Å². The molecule has 5 nitrogen and oxygen atoms in total. The lowest BCUT2D eigenvalue weighted by molar-refractivity contribution is -0.122. The van der Waals surface area contributed by atoms with E-state index >= 15 is 0 Å². The van der Waals surface area contributed by atoms with E-state index in [1.54, 1.807) is 11.3 Å². The smallest absolute Gasteiger partial charge is 0.107 e. The van der Waals surface area contributed by atoms with Crippen LogP contribution in [-0.2, 0) is 20.8 Å². The van der Waals surface area contributed by atoms with Crippen molar-refractivity contribution in [3.05, 3.63) is 16.6 Å². The summed E-state index contributed by atoms with van der Waals surface area (Å²) in [5, 5.41) is 3.26. The molecule has 6 heteroatoms. The van der Waals surface area contributed by atoms with Gasteiger partial charge in [0.1, 0.15) is 5.01 Å². The number of morpholine rings is 1. The number of aromatic nitrogens is 1. The van der Waals surface area contributed by atoms with Gasteiger partial charge in [-0.3, -0.25) is 4.90 Å². The van der Waals surface area contributed by atoms with Gasteiger partial charge in [-0.2, -0.15) is 0 Å². The molecule has 0 radical (unpaired) electrons. The fourth-order valence-electron chi connectivity index (χ4n) is 4.04. The monoisotopic (exact) mass is 338 g/mol. The lowest BCUT2D eigenvalue weighted by atomic mass is 10.0. The van der Waals surface area contributed by atoms with Crippen LogP contribution in [0.2, 0.25) is 0 Å². The lowest BCUT2D eigenvalue weighted by Crippen LogP contribution is -2.51. The molecule has 23 heavy (non-hydrogen) atoms.